The third-order valence-electron chi connectivity index (χ3n) is 4.36. The molecule has 0 radical (unpaired) electrons. The average Bonchev–Trinajstić information content (AvgIpc) is 2.86. The summed E-state index contributed by atoms with van der Waals surface area (Å²) in [6, 6.07) is 8.61. The van der Waals surface area contributed by atoms with Crippen molar-refractivity contribution in [2.75, 3.05) is 6.54 Å². The van der Waals surface area contributed by atoms with Crippen LogP contribution in [-0.2, 0) is 9.59 Å². The summed E-state index contributed by atoms with van der Waals surface area (Å²) in [5.41, 5.74) is 3.43. The normalized spacial score (nSPS) is 16.4. The first kappa shape index (κ1) is 17.9. The summed E-state index contributed by atoms with van der Waals surface area (Å²) in [5.74, 6) is -1.27. The van der Waals surface area contributed by atoms with Crippen LogP contribution in [-0.4, -0.2) is 33.9 Å². The van der Waals surface area contributed by atoms with E-state index in [-0.39, 0.29) is 12.1 Å². The number of likely N-dealkylation sites (N-methyl/N-ethyl adjacent to an activating group) is 1. The highest BCUT2D eigenvalue weighted by Gasteiger charge is 2.34. The number of urea groups is 1. The Morgan fingerprint density at radius 2 is 1.77 bits per heavy atom. The molecule has 7 heteroatoms. The van der Waals surface area contributed by atoms with Gasteiger partial charge in [0.15, 0.2) is 0 Å². The van der Waals surface area contributed by atoms with Crippen LogP contribution < -0.4 is 5.32 Å². The number of aryl methyl sites for hydroxylation is 1. The number of carbonyl (C=O) groups excluding carboxylic acids is 3. The first-order chi connectivity index (χ1) is 12.3. The minimum absolute atomic E-state index is 0.0530. The molecule has 1 aliphatic rings. The van der Waals surface area contributed by atoms with E-state index >= 15 is 0 Å². The molecule has 1 aromatic heterocycles. The smallest absolute Gasteiger partial charge is 0.318 e. The second-order valence-corrected chi connectivity index (χ2v) is 6.44. The van der Waals surface area contributed by atoms with Gasteiger partial charge in [-0.15, -0.1) is 0 Å². The van der Waals surface area contributed by atoms with Crippen LogP contribution in [0.4, 0.5) is 4.79 Å². The Morgan fingerprint density at radius 1 is 1.12 bits per heavy atom. The Balaban J connectivity index is 2.05. The van der Waals surface area contributed by atoms with Gasteiger partial charge in [0.1, 0.15) is 5.57 Å². The molecule has 1 fully saturated rings. The van der Waals surface area contributed by atoms with Crippen molar-refractivity contribution in [2.45, 2.75) is 20.8 Å². The Hall–Kier alpha value is -2.86. The number of nitrogens with zero attached hydrogens (tertiary/aromatic N) is 2. The van der Waals surface area contributed by atoms with Crippen molar-refractivity contribution in [2.24, 2.45) is 0 Å². The molecule has 0 aliphatic carbocycles. The van der Waals surface area contributed by atoms with E-state index < -0.39 is 17.8 Å². The second kappa shape index (κ2) is 6.80. The molecule has 1 aliphatic heterocycles. The van der Waals surface area contributed by atoms with Gasteiger partial charge >= 0.3 is 6.03 Å². The number of halogens is 1. The van der Waals surface area contributed by atoms with E-state index in [1.165, 1.54) is 6.08 Å². The highest BCUT2D eigenvalue weighted by molar-refractivity contribution is 6.31. The number of imide groups is 2. The lowest BCUT2D eigenvalue weighted by molar-refractivity contribution is -0.129. The van der Waals surface area contributed by atoms with Crippen LogP contribution in [0.15, 0.2) is 35.9 Å². The third kappa shape index (κ3) is 3.04. The first-order valence-corrected chi connectivity index (χ1v) is 8.55. The van der Waals surface area contributed by atoms with Gasteiger partial charge in [0.25, 0.3) is 11.8 Å². The molecule has 2 heterocycles. The minimum atomic E-state index is -0.689. The molecule has 0 unspecified atom stereocenters. The molecule has 0 spiro atoms. The number of nitrogens with one attached hydrogen (secondary N) is 1. The maximum absolute atomic E-state index is 12.4. The number of aromatic nitrogens is 1. The summed E-state index contributed by atoms with van der Waals surface area (Å²) in [6.07, 6.45) is 1.53. The monoisotopic (exact) mass is 371 g/mol. The molecule has 6 nitrogen and oxygen atoms in total. The molecule has 0 bridgehead atoms. The zero-order valence-corrected chi connectivity index (χ0v) is 15.4. The van der Waals surface area contributed by atoms with Gasteiger partial charge in [-0.25, -0.2) is 4.79 Å². The average molecular weight is 372 g/mol. The van der Waals surface area contributed by atoms with E-state index in [4.69, 9.17) is 11.6 Å². The van der Waals surface area contributed by atoms with Crippen molar-refractivity contribution in [3.05, 3.63) is 57.9 Å². The zero-order chi connectivity index (χ0) is 19.0. The Bertz CT molecular complexity index is 942. The van der Waals surface area contributed by atoms with Crippen LogP contribution in [0.3, 0.4) is 0 Å². The molecule has 1 aromatic carbocycles. The number of benzene rings is 1. The first-order valence-electron chi connectivity index (χ1n) is 8.17. The van der Waals surface area contributed by atoms with Gasteiger partial charge in [0, 0.05) is 28.6 Å². The minimum Gasteiger partial charge on any atom is -0.318 e. The molecule has 0 saturated carbocycles. The molecular weight excluding hydrogens is 354 g/mol. The molecule has 0 atom stereocenters. The highest BCUT2D eigenvalue weighted by atomic mass is 35.5. The lowest BCUT2D eigenvalue weighted by Crippen LogP contribution is -2.53. The van der Waals surface area contributed by atoms with E-state index in [2.05, 4.69) is 5.32 Å². The van der Waals surface area contributed by atoms with Gasteiger partial charge in [-0.2, -0.15) is 0 Å². The van der Waals surface area contributed by atoms with Gasteiger partial charge in [-0.1, -0.05) is 11.6 Å². The van der Waals surface area contributed by atoms with Gasteiger partial charge in [0.05, 0.1) is 0 Å². The summed E-state index contributed by atoms with van der Waals surface area (Å²) >= 11 is 5.95. The van der Waals surface area contributed by atoms with Gasteiger partial charge in [-0.3, -0.25) is 19.8 Å². The fraction of sp³-hybridized carbons (Fsp3) is 0.211. The summed E-state index contributed by atoms with van der Waals surface area (Å²) in [4.78, 5) is 37.3. The lowest BCUT2D eigenvalue weighted by Gasteiger charge is -2.24. The van der Waals surface area contributed by atoms with Crippen LogP contribution in [0.25, 0.3) is 11.8 Å². The van der Waals surface area contributed by atoms with Gasteiger partial charge < -0.3 is 4.57 Å². The number of amides is 4. The topological polar surface area (TPSA) is 71.4 Å². The summed E-state index contributed by atoms with van der Waals surface area (Å²) in [6.45, 7) is 5.71. The predicted molar refractivity (Wildman–Crippen MR) is 99.2 cm³/mol. The van der Waals surface area contributed by atoms with Crippen molar-refractivity contribution >= 4 is 35.5 Å². The van der Waals surface area contributed by atoms with E-state index in [9.17, 15) is 14.4 Å². The molecule has 1 saturated heterocycles. The van der Waals surface area contributed by atoms with Gasteiger partial charge in [-0.05, 0) is 62.7 Å². The van der Waals surface area contributed by atoms with E-state index in [0.29, 0.717) is 5.02 Å². The van der Waals surface area contributed by atoms with Crippen molar-refractivity contribution in [1.29, 1.82) is 0 Å². The quantitative estimate of drug-likeness (QED) is 0.665. The molecular formula is C19H18ClN3O3. The molecule has 1 N–H and O–H groups in total. The summed E-state index contributed by atoms with van der Waals surface area (Å²) < 4.78 is 2.01. The van der Waals surface area contributed by atoms with Crippen molar-refractivity contribution < 1.29 is 14.4 Å². The molecule has 134 valence electrons. The fourth-order valence-electron chi connectivity index (χ4n) is 3.06. The number of hydrogen-bond acceptors (Lipinski definition) is 3. The van der Waals surface area contributed by atoms with Gasteiger partial charge in [0.2, 0.25) is 0 Å². The number of barbiturate groups is 1. The second-order valence-electron chi connectivity index (χ2n) is 6.00. The maximum Gasteiger partial charge on any atom is 0.331 e. The fourth-order valence-corrected chi connectivity index (χ4v) is 3.18. The van der Waals surface area contributed by atoms with E-state index in [0.717, 1.165) is 27.5 Å². The third-order valence-corrected chi connectivity index (χ3v) is 4.61. The molecule has 3 rings (SSSR count). The summed E-state index contributed by atoms with van der Waals surface area (Å²) in [7, 11) is 0. The lowest BCUT2D eigenvalue weighted by atomic mass is 10.1. The Morgan fingerprint density at radius 3 is 2.38 bits per heavy atom. The Kier molecular flexibility index (Phi) is 4.70. The number of rotatable bonds is 3. The van der Waals surface area contributed by atoms with Crippen molar-refractivity contribution in [1.82, 2.24) is 14.8 Å². The molecule has 4 amide bonds. The van der Waals surface area contributed by atoms with Crippen molar-refractivity contribution in [3.63, 3.8) is 0 Å². The number of hydrogen-bond donors (Lipinski definition) is 1. The molecule has 26 heavy (non-hydrogen) atoms. The van der Waals surface area contributed by atoms with E-state index in [1.54, 1.807) is 19.1 Å². The van der Waals surface area contributed by atoms with Crippen molar-refractivity contribution in [3.8, 4) is 5.69 Å². The summed E-state index contributed by atoms with van der Waals surface area (Å²) in [5, 5.41) is 2.84. The van der Waals surface area contributed by atoms with Crippen LogP contribution in [0.5, 0.6) is 0 Å². The maximum atomic E-state index is 12.4. The van der Waals surface area contributed by atoms with Crippen LogP contribution in [0.2, 0.25) is 5.02 Å². The predicted octanol–water partition coefficient (Wildman–Crippen LogP) is 3.23. The highest BCUT2D eigenvalue weighted by Crippen LogP contribution is 2.25. The van der Waals surface area contributed by atoms with Crippen LogP contribution in [0, 0.1) is 13.8 Å². The SMILES string of the molecule is CCN1C(=O)NC(=O)/C(=C\c2cc(C)n(-c3ccc(Cl)cc3)c2C)C1=O. The van der Waals surface area contributed by atoms with Crippen LogP contribution in [0.1, 0.15) is 23.9 Å². The number of carbonyl (C=O) groups is 3. The van der Waals surface area contributed by atoms with E-state index in [1.807, 2.05) is 36.6 Å². The molecule has 2 aromatic rings. The standard InChI is InChI=1S/C19H18ClN3O3/c1-4-22-18(25)16(17(24)21-19(22)26)10-13-9-11(2)23(12(13)3)15-7-5-14(20)6-8-15/h5-10H,4H2,1-3H3,(H,21,24,26)/b16-10+. The largest absolute Gasteiger partial charge is 0.331 e. The van der Waals surface area contributed by atoms with Crippen LogP contribution >= 0.6 is 11.6 Å². The zero-order valence-electron chi connectivity index (χ0n) is 14.7. The Labute approximate surface area is 156 Å².